The summed E-state index contributed by atoms with van der Waals surface area (Å²) in [6, 6.07) is 29.5. The minimum Gasteiger partial charge on any atom is -0.334 e. The maximum atomic E-state index is 6.28. The highest BCUT2D eigenvalue weighted by Gasteiger charge is 2.29. The summed E-state index contributed by atoms with van der Waals surface area (Å²) in [6.45, 7) is 3.47. The Bertz CT molecular complexity index is 802. The molecule has 0 bridgehead atoms. The van der Waals surface area contributed by atoms with E-state index in [1.165, 1.54) is 22.5 Å². The lowest BCUT2D eigenvalue weighted by molar-refractivity contribution is 0.0264. The molecule has 3 aromatic rings. The second kappa shape index (κ2) is 6.99. The van der Waals surface area contributed by atoms with Crippen LogP contribution in [0.5, 0.6) is 0 Å². The molecule has 1 fully saturated rings. The van der Waals surface area contributed by atoms with Crippen molar-refractivity contribution in [2.24, 2.45) is 0 Å². The molecule has 0 aliphatic carbocycles. The van der Waals surface area contributed by atoms with E-state index in [-0.39, 0.29) is 6.23 Å². The van der Waals surface area contributed by atoms with Gasteiger partial charge in [0.05, 0.1) is 6.67 Å². The number of rotatable bonds is 3. The minimum absolute atomic E-state index is 0.0798. The molecule has 1 heterocycles. The van der Waals surface area contributed by atoms with Crippen molar-refractivity contribution in [1.29, 1.82) is 0 Å². The average molecular weight is 330 g/mol. The molecule has 25 heavy (non-hydrogen) atoms. The molecule has 0 spiro atoms. The first-order valence-corrected chi connectivity index (χ1v) is 8.61. The zero-order valence-electron chi connectivity index (χ0n) is 14.4. The van der Waals surface area contributed by atoms with Crippen LogP contribution in [0.1, 0.15) is 17.4 Å². The molecule has 3 nitrogen and oxygen atoms in total. The number of hydrogen-bond donors (Lipinski definition) is 0. The quantitative estimate of drug-likeness (QED) is 0.675. The van der Waals surface area contributed by atoms with Crippen LogP contribution in [0.4, 0.5) is 11.4 Å². The molecule has 1 aliphatic heterocycles. The number of anilines is 2. The highest BCUT2D eigenvalue weighted by Crippen LogP contribution is 2.33. The van der Waals surface area contributed by atoms with Crippen LogP contribution in [0.25, 0.3) is 0 Å². The normalized spacial score (nSPS) is 17.6. The van der Waals surface area contributed by atoms with Crippen LogP contribution in [0.3, 0.4) is 0 Å². The van der Waals surface area contributed by atoms with Gasteiger partial charge in [0.2, 0.25) is 0 Å². The van der Waals surface area contributed by atoms with Crippen LogP contribution in [0.2, 0.25) is 0 Å². The van der Waals surface area contributed by atoms with E-state index < -0.39 is 0 Å². The molecule has 0 amide bonds. The Kier molecular flexibility index (Phi) is 4.40. The number of aryl methyl sites for hydroxylation is 1. The molecule has 1 atom stereocenters. The summed E-state index contributed by atoms with van der Waals surface area (Å²) in [5.74, 6) is 0. The maximum absolute atomic E-state index is 6.28. The standard InChI is InChI=1S/C22H22N2O/c1-18-12-14-21(15-13-18)24-16-23(20-10-6-3-7-11-20)17-25-22(24)19-8-4-2-5-9-19/h2-15,22H,16-17H2,1H3. The van der Waals surface area contributed by atoms with Gasteiger partial charge in [-0.15, -0.1) is 0 Å². The fraction of sp³-hybridized carbons (Fsp3) is 0.182. The van der Waals surface area contributed by atoms with E-state index in [2.05, 4.69) is 89.5 Å². The Hall–Kier alpha value is -2.78. The molecular formula is C22H22N2O. The van der Waals surface area contributed by atoms with Gasteiger partial charge in [0.1, 0.15) is 6.73 Å². The van der Waals surface area contributed by atoms with E-state index in [1.807, 2.05) is 12.1 Å². The first-order chi connectivity index (χ1) is 12.3. The smallest absolute Gasteiger partial charge is 0.160 e. The number of benzene rings is 3. The Morgan fingerprint density at radius 1 is 0.760 bits per heavy atom. The van der Waals surface area contributed by atoms with Crippen molar-refractivity contribution in [1.82, 2.24) is 0 Å². The Morgan fingerprint density at radius 2 is 1.40 bits per heavy atom. The SMILES string of the molecule is Cc1ccc(N2CN(c3ccccc3)COC2c2ccccc2)cc1. The first-order valence-electron chi connectivity index (χ1n) is 8.61. The average Bonchev–Trinajstić information content (AvgIpc) is 2.69. The Balaban J connectivity index is 1.67. The van der Waals surface area contributed by atoms with E-state index in [4.69, 9.17) is 4.74 Å². The summed E-state index contributed by atoms with van der Waals surface area (Å²) in [7, 11) is 0. The highest BCUT2D eigenvalue weighted by molar-refractivity contribution is 5.54. The lowest BCUT2D eigenvalue weighted by atomic mass is 10.1. The monoisotopic (exact) mass is 330 g/mol. The number of para-hydroxylation sites is 1. The van der Waals surface area contributed by atoms with Gasteiger partial charge in [0.15, 0.2) is 6.23 Å². The van der Waals surface area contributed by atoms with Crippen molar-refractivity contribution in [3.8, 4) is 0 Å². The van der Waals surface area contributed by atoms with Gasteiger partial charge in [0, 0.05) is 16.9 Å². The molecule has 1 unspecified atom stereocenters. The predicted octanol–water partition coefficient (Wildman–Crippen LogP) is 4.95. The van der Waals surface area contributed by atoms with Gasteiger partial charge in [-0.1, -0.05) is 66.2 Å². The number of hydrogen-bond acceptors (Lipinski definition) is 3. The van der Waals surface area contributed by atoms with Gasteiger partial charge >= 0.3 is 0 Å². The van der Waals surface area contributed by atoms with E-state index in [1.54, 1.807) is 0 Å². The molecule has 126 valence electrons. The number of nitrogens with zero attached hydrogens (tertiary/aromatic N) is 2. The second-order valence-electron chi connectivity index (χ2n) is 6.38. The molecule has 3 heteroatoms. The summed E-state index contributed by atoms with van der Waals surface area (Å²) in [6.07, 6.45) is -0.0798. The first kappa shape index (κ1) is 15.7. The molecule has 0 radical (unpaired) electrons. The molecule has 1 aliphatic rings. The minimum atomic E-state index is -0.0798. The van der Waals surface area contributed by atoms with Gasteiger partial charge in [0.25, 0.3) is 0 Å². The predicted molar refractivity (Wildman–Crippen MR) is 103 cm³/mol. The molecule has 4 rings (SSSR count). The van der Waals surface area contributed by atoms with Crippen LogP contribution in [0, 0.1) is 6.92 Å². The molecule has 0 aromatic heterocycles. The van der Waals surface area contributed by atoms with Crippen molar-refractivity contribution in [2.75, 3.05) is 23.2 Å². The third kappa shape index (κ3) is 3.37. The van der Waals surface area contributed by atoms with E-state index in [0.29, 0.717) is 6.73 Å². The Morgan fingerprint density at radius 3 is 2.08 bits per heavy atom. The zero-order valence-corrected chi connectivity index (χ0v) is 14.4. The van der Waals surface area contributed by atoms with Crippen molar-refractivity contribution in [3.63, 3.8) is 0 Å². The van der Waals surface area contributed by atoms with E-state index >= 15 is 0 Å². The summed E-state index contributed by atoms with van der Waals surface area (Å²) in [5, 5.41) is 0. The van der Waals surface area contributed by atoms with E-state index in [9.17, 15) is 0 Å². The lowest BCUT2D eigenvalue weighted by Gasteiger charge is -2.43. The zero-order chi connectivity index (χ0) is 17.1. The van der Waals surface area contributed by atoms with Gasteiger partial charge in [-0.25, -0.2) is 0 Å². The summed E-state index contributed by atoms with van der Waals surface area (Å²) >= 11 is 0. The maximum Gasteiger partial charge on any atom is 0.160 e. The fourth-order valence-corrected chi connectivity index (χ4v) is 3.19. The topological polar surface area (TPSA) is 15.7 Å². The van der Waals surface area contributed by atoms with Crippen LogP contribution >= 0.6 is 0 Å². The summed E-state index contributed by atoms with van der Waals surface area (Å²) in [5.41, 5.74) is 4.78. The van der Waals surface area contributed by atoms with Crippen molar-refractivity contribution < 1.29 is 4.74 Å². The third-order valence-corrected chi connectivity index (χ3v) is 4.57. The lowest BCUT2D eigenvalue weighted by Crippen LogP contribution is -2.48. The molecular weight excluding hydrogens is 308 g/mol. The molecule has 0 saturated carbocycles. The van der Waals surface area contributed by atoms with Gasteiger partial charge < -0.3 is 14.5 Å². The highest BCUT2D eigenvalue weighted by atomic mass is 16.5. The van der Waals surface area contributed by atoms with Crippen LogP contribution < -0.4 is 9.80 Å². The second-order valence-corrected chi connectivity index (χ2v) is 6.38. The molecule has 1 saturated heterocycles. The molecule has 3 aromatic carbocycles. The largest absolute Gasteiger partial charge is 0.334 e. The van der Waals surface area contributed by atoms with Gasteiger partial charge in [-0.05, 0) is 31.2 Å². The fourth-order valence-electron chi connectivity index (χ4n) is 3.19. The summed E-state index contributed by atoms with van der Waals surface area (Å²) < 4.78 is 6.28. The van der Waals surface area contributed by atoms with Gasteiger partial charge in [-0.2, -0.15) is 0 Å². The van der Waals surface area contributed by atoms with E-state index in [0.717, 1.165) is 6.67 Å². The van der Waals surface area contributed by atoms with Crippen LogP contribution in [-0.2, 0) is 4.74 Å². The van der Waals surface area contributed by atoms with Crippen LogP contribution in [0.15, 0.2) is 84.9 Å². The third-order valence-electron chi connectivity index (χ3n) is 4.57. The molecule has 0 N–H and O–H groups in total. The van der Waals surface area contributed by atoms with Crippen LogP contribution in [-0.4, -0.2) is 13.4 Å². The van der Waals surface area contributed by atoms with Gasteiger partial charge in [-0.3, -0.25) is 0 Å². The number of ether oxygens (including phenoxy) is 1. The Labute approximate surface area is 149 Å². The van der Waals surface area contributed by atoms with Crippen molar-refractivity contribution >= 4 is 11.4 Å². The van der Waals surface area contributed by atoms with Crippen molar-refractivity contribution in [3.05, 3.63) is 96.1 Å². The van der Waals surface area contributed by atoms with Crippen molar-refractivity contribution in [2.45, 2.75) is 13.2 Å². The summed E-state index contributed by atoms with van der Waals surface area (Å²) in [4.78, 5) is 4.56.